The highest BCUT2D eigenvalue weighted by molar-refractivity contribution is 5.81. The van der Waals surface area contributed by atoms with Crippen LogP contribution in [0.2, 0.25) is 0 Å². The summed E-state index contributed by atoms with van der Waals surface area (Å²) in [4.78, 5) is 21.2. The van der Waals surface area contributed by atoms with Crippen LogP contribution < -0.4 is 5.32 Å². The second-order valence-electron chi connectivity index (χ2n) is 3.00. The Balaban J connectivity index is 3.81. The highest BCUT2D eigenvalue weighted by atomic mass is 16.4. The first kappa shape index (κ1) is 12.4. The normalized spacial score (nSPS) is 11.4. The van der Waals surface area contributed by atoms with Gasteiger partial charge in [-0.25, -0.2) is 4.79 Å². The van der Waals surface area contributed by atoms with Crippen LogP contribution in [-0.2, 0) is 9.59 Å². The molecule has 0 bridgehead atoms. The molecule has 0 aliphatic heterocycles. The van der Waals surface area contributed by atoms with Crippen LogP contribution >= 0.6 is 0 Å². The third-order valence-electron chi connectivity index (χ3n) is 1.71. The number of amides is 1. The Kier molecular flexibility index (Phi) is 6.12. The molecule has 5 nitrogen and oxygen atoms in total. The van der Waals surface area contributed by atoms with Crippen molar-refractivity contribution in [3.05, 3.63) is 0 Å². The molecule has 0 aliphatic carbocycles. The number of nitrogens with zero attached hydrogens (tertiary/aromatic N) is 1. The van der Waals surface area contributed by atoms with Gasteiger partial charge in [-0.15, -0.1) is 0 Å². The lowest BCUT2D eigenvalue weighted by Gasteiger charge is -2.11. The van der Waals surface area contributed by atoms with E-state index in [1.54, 1.807) is 0 Å². The van der Waals surface area contributed by atoms with E-state index in [9.17, 15) is 9.59 Å². The number of hydrogen-bond donors (Lipinski definition) is 2. The van der Waals surface area contributed by atoms with Crippen LogP contribution in [0.4, 0.5) is 0 Å². The first-order valence-corrected chi connectivity index (χ1v) is 4.44. The summed E-state index contributed by atoms with van der Waals surface area (Å²) in [7, 11) is 0. The number of carboxylic acid groups (broad SMARTS) is 1. The first-order valence-electron chi connectivity index (χ1n) is 4.44. The molecule has 0 spiro atoms. The minimum absolute atomic E-state index is 0.349. The van der Waals surface area contributed by atoms with Crippen molar-refractivity contribution in [3.8, 4) is 6.07 Å². The predicted molar refractivity (Wildman–Crippen MR) is 49.3 cm³/mol. The van der Waals surface area contributed by atoms with Crippen molar-refractivity contribution in [1.29, 1.82) is 5.26 Å². The van der Waals surface area contributed by atoms with Crippen molar-refractivity contribution >= 4 is 11.9 Å². The molecule has 78 valence electrons. The van der Waals surface area contributed by atoms with E-state index in [1.165, 1.54) is 6.92 Å². The van der Waals surface area contributed by atoms with Crippen molar-refractivity contribution in [2.75, 3.05) is 0 Å². The maximum atomic E-state index is 10.6. The summed E-state index contributed by atoms with van der Waals surface area (Å²) >= 11 is 0. The molecule has 0 aromatic carbocycles. The Labute approximate surface area is 82.7 Å². The van der Waals surface area contributed by atoms with Gasteiger partial charge >= 0.3 is 5.97 Å². The molecular weight excluding hydrogens is 184 g/mol. The highest BCUT2D eigenvalue weighted by Gasteiger charge is 2.16. The van der Waals surface area contributed by atoms with E-state index in [1.807, 2.05) is 6.07 Å². The lowest BCUT2D eigenvalue weighted by atomic mass is 10.1. The zero-order valence-electron chi connectivity index (χ0n) is 8.12. The molecule has 0 radical (unpaired) electrons. The van der Waals surface area contributed by atoms with Gasteiger partial charge in [-0.05, 0) is 19.3 Å². The molecular formula is C9H14N2O3. The average Bonchev–Trinajstić information content (AvgIpc) is 2.09. The quantitative estimate of drug-likeness (QED) is 0.613. The Hall–Kier alpha value is -1.57. The Morgan fingerprint density at radius 2 is 2.14 bits per heavy atom. The van der Waals surface area contributed by atoms with Gasteiger partial charge in [0.05, 0.1) is 6.07 Å². The van der Waals surface area contributed by atoms with Crippen molar-refractivity contribution in [2.45, 2.75) is 38.6 Å². The molecule has 0 saturated carbocycles. The highest BCUT2D eigenvalue weighted by Crippen LogP contribution is 2.03. The standard InChI is InChI=1S/C9H14N2O3/c1-7(12)11-8(9(13)14)5-3-2-4-6-10/h8H,2-5H2,1H3,(H,11,12)(H,13,14)/t8-/m0/s1. The van der Waals surface area contributed by atoms with Crippen molar-refractivity contribution < 1.29 is 14.7 Å². The summed E-state index contributed by atoms with van der Waals surface area (Å²) in [5.41, 5.74) is 0. The maximum absolute atomic E-state index is 10.6. The minimum atomic E-state index is -1.03. The van der Waals surface area contributed by atoms with Gasteiger partial charge in [0.2, 0.25) is 5.91 Å². The summed E-state index contributed by atoms with van der Waals surface area (Å²) in [6, 6.07) is 1.15. The van der Waals surface area contributed by atoms with Crippen LogP contribution in [0.5, 0.6) is 0 Å². The second-order valence-corrected chi connectivity index (χ2v) is 3.00. The second kappa shape index (κ2) is 6.89. The molecule has 1 amide bonds. The number of unbranched alkanes of at least 4 members (excludes halogenated alkanes) is 2. The molecule has 0 aromatic heterocycles. The maximum Gasteiger partial charge on any atom is 0.326 e. The van der Waals surface area contributed by atoms with Gasteiger partial charge in [-0.2, -0.15) is 5.26 Å². The van der Waals surface area contributed by atoms with E-state index < -0.39 is 12.0 Å². The summed E-state index contributed by atoms with van der Waals surface area (Å²) in [6.45, 7) is 1.28. The lowest BCUT2D eigenvalue weighted by molar-refractivity contribution is -0.141. The van der Waals surface area contributed by atoms with Gasteiger partial charge in [-0.3, -0.25) is 4.79 Å². The molecule has 0 heterocycles. The molecule has 0 rings (SSSR count). The number of carbonyl (C=O) groups is 2. The topological polar surface area (TPSA) is 90.2 Å². The van der Waals surface area contributed by atoms with Gasteiger partial charge in [0.1, 0.15) is 6.04 Å². The predicted octanol–water partition coefficient (Wildman–Crippen LogP) is 0.660. The molecule has 0 unspecified atom stereocenters. The Morgan fingerprint density at radius 1 is 1.50 bits per heavy atom. The van der Waals surface area contributed by atoms with E-state index >= 15 is 0 Å². The molecule has 0 saturated heterocycles. The van der Waals surface area contributed by atoms with Crippen molar-refractivity contribution in [2.24, 2.45) is 0 Å². The molecule has 5 heteroatoms. The zero-order chi connectivity index (χ0) is 11.0. The molecule has 2 N–H and O–H groups in total. The van der Waals surface area contributed by atoms with Crippen LogP contribution in [-0.4, -0.2) is 23.0 Å². The smallest absolute Gasteiger partial charge is 0.326 e. The summed E-state index contributed by atoms with van der Waals surface area (Å²) in [5.74, 6) is -1.38. The third kappa shape index (κ3) is 6.00. The largest absolute Gasteiger partial charge is 0.480 e. The fourth-order valence-corrected chi connectivity index (χ4v) is 1.06. The molecule has 0 aliphatic rings. The monoisotopic (exact) mass is 198 g/mol. The van der Waals surface area contributed by atoms with E-state index in [0.717, 1.165) is 0 Å². The van der Waals surface area contributed by atoms with Crippen LogP contribution in [0, 0.1) is 11.3 Å². The number of nitriles is 1. The van der Waals surface area contributed by atoms with E-state index in [0.29, 0.717) is 25.7 Å². The molecule has 0 fully saturated rings. The first-order chi connectivity index (χ1) is 6.57. The van der Waals surface area contributed by atoms with E-state index in [2.05, 4.69) is 5.32 Å². The van der Waals surface area contributed by atoms with Crippen LogP contribution in [0.25, 0.3) is 0 Å². The van der Waals surface area contributed by atoms with E-state index in [-0.39, 0.29) is 5.91 Å². The summed E-state index contributed by atoms with van der Waals surface area (Å²) in [6.07, 6.45) is 2.09. The Morgan fingerprint density at radius 3 is 2.57 bits per heavy atom. The van der Waals surface area contributed by atoms with Crippen LogP contribution in [0.15, 0.2) is 0 Å². The third-order valence-corrected chi connectivity index (χ3v) is 1.71. The number of hydrogen-bond acceptors (Lipinski definition) is 3. The number of carboxylic acids is 1. The molecule has 14 heavy (non-hydrogen) atoms. The molecule has 0 aromatic rings. The lowest BCUT2D eigenvalue weighted by Crippen LogP contribution is -2.39. The Bertz CT molecular complexity index is 245. The fourth-order valence-electron chi connectivity index (χ4n) is 1.06. The van der Waals surface area contributed by atoms with Gasteiger partial charge < -0.3 is 10.4 Å². The number of aliphatic carboxylic acids is 1. The zero-order valence-corrected chi connectivity index (χ0v) is 8.12. The van der Waals surface area contributed by atoms with Gasteiger partial charge in [0, 0.05) is 13.3 Å². The molecule has 1 atom stereocenters. The summed E-state index contributed by atoms with van der Waals surface area (Å²) in [5, 5.41) is 19.3. The van der Waals surface area contributed by atoms with E-state index in [4.69, 9.17) is 10.4 Å². The van der Waals surface area contributed by atoms with Gasteiger partial charge in [0.15, 0.2) is 0 Å². The van der Waals surface area contributed by atoms with Crippen molar-refractivity contribution in [1.82, 2.24) is 5.32 Å². The number of carbonyl (C=O) groups excluding carboxylic acids is 1. The van der Waals surface area contributed by atoms with Crippen LogP contribution in [0.1, 0.15) is 32.6 Å². The van der Waals surface area contributed by atoms with Crippen LogP contribution in [0.3, 0.4) is 0 Å². The fraction of sp³-hybridized carbons (Fsp3) is 0.667. The summed E-state index contributed by atoms with van der Waals surface area (Å²) < 4.78 is 0. The SMILES string of the molecule is CC(=O)N[C@@H](CCCCC#N)C(=O)O. The average molecular weight is 198 g/mol. The van der Waals surface area contributed by atoms with Gasteiger partial charge in [-0.1, -0.05) is 0 Å². The number of nitrogens with one attached hydrogen (secondary N) is 1. The van der Waals surface area contributed by atoms with Crippen molar-refractivity contribution in [3.63, 3.8) is 0 Å². The number of rotatable bonds is 6. The minimum Gasteiger partial charge on any atom is -0.480 e. The van der Waals surface area contributed by atoms with Gasteiger partial charge in [0.25, 0.3) is 0 Å².